The molecule has 1 saturated carbocycles. The fourth-order valence-corrected chi connectivity index (χ4v) is 5.86. The molecule has 0 bridgehead atoms. The van der Waals surface area contributed by atoms with E-state index in [0.29, 0.717) is 5.41 Å². The third kappa shape index (κ3) is 2.77. The van der Waals surface area contributed by atoms with Gasteiger partial charge in [-0.3, -0.25) is 0 Å². The SMILES string of the molecule is C[Si](C)(C)CC1(CCl)CCCC1. The van der Waals surface area contributed by atoms with Crippen LogP contribution in [0.5, 0.6) is 0 Å². The molecule has 2 heteroatoms. The first-order chi connectivity index (χ1) is 5.47. The molecule has 0 amide bonds. The molecule has 0 aromatic heterocycles. The minimum atomic E-state index is -0.900. The summed E-state index contributed by atoms with van der Waals surface area (Å²) in [7, 11) is -0.900. The molecule has 0 radical (unpaired) electrons. The maximum atomic E-state index is 6.09. The van der Waals surface area contributed by atoms with Crippen LogP contribution >= 0.6 is 11.6 Å². The van der Waals surface area contributed by atoms with Crippen LogP contribution in [0.1, 0.15) is 25.7 Å². The predicted molar refractivity (Wildman–Crippen MR) is 59.8 cm³/mol. The lowest BCUT2D eigenvalue weighted by Crippen LogP contribution is -2.32. The molecular weight excluding hydrogens is 184 g/mol. The predicted octanol–water partition coefficient (Wildman–Crippen LogP) is 4.12. The average molecular weight is 205 g/mol. The highest BCUT2D eigenvalue weighted by Gasteiger charge is 2.36. The van der Waals surface area contributed by atoms with Gasteiger partial charge in [0.25, 0.3) is 0 Å². The van der Waals surface area contributed by atoms with E-state index in [4.69, 9.17) is 11.6 Å². The van der Waals surface area contributed by atoms with Crippen LogP contribution in [0.15, 0.2) is 0 Å². The van der Waals surface area contributed by atoms with E-state index in [9.17, 15) is 0 Å². The second-order valence-corrected chi connectivity index (χ2v) is 11.3. The normalized spacial score (nSPS) is 23.0. The fourth-order valence-electron chi connectivity index (χ4n) is 2.61. The summed E-state index contributed by atoms with van der Waals surface area (Å²) in [6.07, 6.45) is 5.61. The van der Waals surface area contributed by atoms with Crippen LogP contribution < -0.4 is 0 Å². The molecule has 0 aromatic rings. The molecule has 1 aliphatic rings. The summed E-state index contributed by atoms with van der Waals surface area (Å²) in [5, 5.41) is 0. The second kappa shape index (κ2) is 3.71. The summed E-state index contributed by atoms with van der Waals surface area (Å²) in [6.45, 7) is 7.37. The molecule has 72 valence electrons. The first kappa shape index (κ1) is 10.6. The van der Waals surface area contributed by atoms with Crippen LogP contribution in [0.2, 0.25) is 25.7 Å². The molecule has 0 heterocycles. The first-order valence-electron chi connectivity index (χ1n) is 5.04. The van der Waals surface area contributed by atoms with Crippen LogP contribution in [0, 0.1) is 5.41 Å². The minimum Gasteiger partial charge on any atom is -0.126 e. The Morgan fingerprint density at radius 1 is 1.17 bits per heavy atom. The zero-order valence-electron chi connectivity index (χ0n) is 8.62. The van der Waals surface area contributed by atoms with E-state index in [-0.39, 0.29) is 0 Å². The van der Waals surface area contributed by atoms with Gasteiger partial charge in [-0.25, -0.2) is 0 Å². The molecule has 0 aromatic carbocycles. The molecule has 0 nitrogen and oxygen atoms in total. The van der Waals surface area contributed by atoms with Gasteiger partial charge in [-0.15, -0.1) is 11.6 Å². The van der Waals surface area contributed by atoms with Crippen LogP contribution in [0.3, 0.4) is 0 Å². The molecule has 0 saturated heterocycles. The van der Waals surface area contributed by atoms with Crippen molar-refractivity contribution in [2.45, 2.75) is 51.4 Å². The lowest BCUT2D eigenvalue weighted by molar-refractivity contribution is 0.383. The molecule has 1 rings (SSSR count). The maximum Gasteiger partial charge on any atom is 0.0448 e. The van der Waals surface area contributed by atoms with Crippen molar-refractivity contribution in [2.24, 2.45) is 5.41 Å². The van der Waals surface area contributed by atoms with Gasteiger partial charge >= 0.3 is 0 Å². The van der Waals surface area contributed by atoms with Gasteiger partial charge in [-0.1, -0.05) is 38.5 Å². The Kier molecular flexibility index (Phi) is 3.27. The Balaban J connectivity index is 2.55. The van der Waals surface area contributed by atoms with Gasteiger partial charge in [0.05, 0.1) is 0 Å². The van der Waals surface area contributed by atoms with Gasteiger partial charge < -0.3 is 0 Å². The number of hydrogen-bond donors (Lipinski definition) is 0. The maximum absolute atomic E-state index is 6.09. The Bertz CT molecular complexity index is 142. The van der Waals surface area contributed by atoms with Crippen molar-refractivity contribution >= 4 is 19.7 Å². The molecule has 1 fully saturated rings. The molecule has 0 N–H and O–H groups in total. The molecule has 1 aliphatic carbocycles. The first-order valence-corrected chi connectivity index (χ1v) is 9.28. The second-order valence-electron chi connectivity index (χ2n) is 5.58. The Labute approximate surface area is 82.7 Å². The summed E-state index contributed by atoms with van der Waals surface area (Å²) in [6, 6.07) is 1.43. The van der Waals surface area contributed by atoms with E-state index in [1.165, 1.54) is 31.7 Å². The number of rotatable bonds is 3. The van der Waals surface area contributed by atoms with Gasteiger partial charge in [0.2, 0.25) is 0 Å². The van der Waals surface area contributed by atoms with Crippen LogP contribution in [0.4, 0.5) is 0 Å². The highest BCUT2D eigenvalue weighted by molar-refractivity contribution is 6.76. The average Bonchev–Trinajstić information content (AvgIpc) is 2.34. The Morgan fingerprint density at radius 3 is 2.00 bits per heavy atom. The van der Waals surface area contributed by atoms with Crippen molar-refractivity contribution in [2.75, 3.05) is 5.88 Å². The van der Waals surface area contributed by atoms with E-state index in [1.807, 2.05) is 0 Å². The molecule has 0 aliphatic heterocycles. The van der Waals surface area contributed by atoms with Crippen LogP contribution in [0.25, 0.3) is 0 Å². The van der Waals surface area contributed by atoms with Gasteiger partial charge in [0.15, 0.2) is 0 Å². The molecule has 0 atom stereocenters. The monoisotopic (exact) mass is 204 g/mol. The standard InChI is InChI=1S/C10H21ClSi/c1-12(2,3)9-10(8-11)6-4-5-7-10/h4-9H2,1-3H3. The van der Waals surface area contributed by atoms with Gasteiger partial charge in [-0.2, -0.15) is 0 Å². The van der Waals surface area contributed by atoms with Crippen LogP contribution in [-0.4, -0.2) is 14.0 Å². The number of halogens is 1. The number of hydrogen-bond acceptors (Lipinski definition) is 0. The van der Waals surface area contributed by atoms with E-state index in [2.05, 4.69) is 19.6 Å². The lowest BCUT2D eigenvalue weighted by Gasteiger charge is -2.32. The van der Waals surface area contributed by atoms with Gasteiger partial charge in [0.1, 0.15) is 0 Å². The highest BCUT2D eigenvalue weighted by Crippen LogP contribution is 2.45. The van der Waals surface area contributed by atoms with Gasteiger partial charge in [-0.05, 0) is 18.3 Å². The topological polar surface area (TPSA) is 0 Å². The molecule has 12 heavy (non-hydrogen) atoms. The summed E-state index contributed by atoms with van der Waals surface area (Å²) >= 11 is 6.09. The molecule has 0 spiro atoms. The van der Waals surface area contributed by atoms with E-state index in [1.54, 1.807) is 0 Å². The zero-order chi connectivity index (χ0) is 9.24. The highest BCUT2D eigenvalue weighted by atomic mass is 35.5. The Hall–Kier alpha value is 0.507. The van der Waals surface area contributed by atoms with Crippen molar-refractivity contribution < 1.29 is 0 Å². The third-order valence-corrected chi connectivity index (χ3v) is 5.23. The van der Waals surface area contributed by atoms with Gasteiger partial charge in [0, 0.05) is 14.0 Å². The Morgan fingerprint density at radius 2 is 1.67 bits per heavy atom. The zero-order valence-corrected chi connectivity index (χ0v) is 10.4. The van der Waals surface area contributed by atoms with Crippen molar-refractivity contribution in [3.05, 3.63) is 0 Å². The largest absolute Gasteiger partial charge is 0.126 e. The van der Waals surface area contributed by atoms with E-state index < -0.39 is 8.07 Å². The van der Waals surface area contributed by atoms with Crippen LogP contribution in [-0.2, 0) is 0 Å². The minimum absolute atomic E-state index is 0.548. The van der Waals surface area contributed by atoms with Crippen molar-refractivity contribution in [1.29, 1.82) is 0 Å². The van der Waals surface area contributed by atoms with E-state index >= 15 is 0 Å². The fraction of sp³-hybridized carbons (Fsp3) is 1.00. The smallest absolute Gasteiger partial charge is 0.0448 e. The summed E-state index contributed by atoms with van der Waals surface area (Å²) < 4.78 is 0. The quantitative estimate of drug-likeness (QED) is 0.479. The summed E-state index contributed by atoms with van der Waals surface area (Å²) in [4.78, 5) is 0. The third-order valence-electron chi connectivity index (χ3n) is 2.85. The van der Waals surface area contributed by atoms with Crippen molar-refractivity contribution in [1.82, 2.24) is 0 Å². The molecular formula is C10H21ClSi. The van der Waals surface area contributed by atoms with E-state index in [0.717, 1.165) is 5.88 Å². The molecule has 0 unspecified atom stereocenters. The van der Waals surface area contributed by atoms with Crippen molar-refractivity contribution in [3.63, 3.8) is 0 Å². The summed E-state index contributed by atoms with van der Waals surface area (Å²) in [5.41, 5.74) is 0.548. The number of alkyl halides is 1. The summed E-state index contributed by atoms with van der Waals surface area (Å²) in [5.74, 6) is 0.900. The van der Waals surface area contributed by atoms with Crippen molar-refractivity contribution in [3.8, 4) is 0 Å². The lowest BCUT2D eigenvalue weighted by atomic mass is 9.91.